The molecule has 0 bridgehead atoms. The molecule has 1 unspecified atom stereocenters. The number of hydrogen-bond donors (Lipinski definition) is 2. The number of para-hydroxylation sites is 1. The molecule has 1 saturated heterocycles. The minimum absolute atomic E-state index is 0.0637. The molecule has 0 aromatic heterocycles. The van der Waals surface area contributed by atoms with Crippen molar-refractivity contribution in [1.29, 1.82) is 0 Å². The average molecular weight is 431 g/mol. The average Bonchev–Trinajstić information content (AvgIpc) is 3.06. The molecule has 1 atom stereocenters. The van der Waals surface area contributed by atoms with Gasteiger partial charge >= 0.3 is 6.03 Å². The summed E-state index contributed by atoms with van der Waals surface area (Å²) in [4.78, 5) is 39.4. The quantitative estimate of drug-likeness (QED) is 0.567. The highest BCUT2D eigenvalue weighted by molar-refractivity contribution is 6.07. The van der Waals surface area contributed by atoms with Crippen molar-refractivity contribution in [2.45, 2.75) is 25.4 Å². The monoisotopic (exact) mass is 431 g/mol. The first-order valence-corrected chi connectivity index (χ1v) is 10.3. The second-order valence-corrected chi connectivity index (χ2v) is 7.60. The maximum Gasteiger partial charge on any atom is 0.325 e. The standard InChI is InChI=1S/C25H22FN3O3/c1-2-25(19-12-14-20(26)15-13-19)23(31)29(24(32)28-25)16-17-8-10-18(11-9-17)22(30)27-21-6-4-3-5-7-21/h3-15H,2,16H2,1H3,(H,27,30)(H,28,32). The first-order chi connectivity index (χ1) is 15.4. The first kappa shape index (κ1) is 21.2. The third-order valence-electron chi connectivity index (χ3n) is 5.63. The van der Waals surface area contributed by atoms with Gasteiger partial charge in [0.25, 0.3) is 11.8 Å². The van der Waals surface area contributed by atoms with Crippen LogP contribution in [0.5, 0.6) is 0 Å². The van der Waals surface area contributed by atoms with E-state index in [1.54, 1.807) is 43.3 Å². The summed E-state index contributed by atoms with van der Waals surface area (Å²) in [5.41, 5.74) is 1.17. The summed E-state index contributed by atoms with van der Waals surface area (Å²) in [6.45, 7) is 1.86. The summed E-state index contributed by atoms with van der Waals surface area (Å²) in [5, 5.41) is 5.59. The predicted octanol–water partition coefficient (Wildman–Crippen LogP) is 4.44. The molecule has 1 heterocycles. The number of nitrogens with one attached hydrogen (secondary N) is 2. The van der Waals surface area contributed by atoms with Crippen LogP contribution in [0.3, 0.4) is 0 Å². The fraction of sp³-hybridized carbons (Fsp3) is 0.160. The SMILES string of the molecule is CCC1(c2ccc(F)cc2)NC(=O)N(Cc2ccc(C(=O)Nc3ccccc3)cc2)C1=O. The van der Waals surface area contributed by atoms with Gasteiger partial charge in [-0.15, -0.1) is 0 Å². The predicted molar refractivity (Wildman–Crippen MR) is 118 cm³/mol. The van der Waals surface area contributed by atoms with Crippen LogP contribution >= 0.6 is 0 Å². The summed E-state index contributed by atoms with van der Waals surface area (Å²) in [6, 6.07) is 20.9. The van der Waals surface area contributed by atoms with Crippen LogP contribution in [0.15, 0.2) is 78.9 Å². The van der Waals surface area contributed by atoms with E-state index in [-0.39, 0.29) is 18.4 Å². The molecule has 0 radical (unpaired) electrons. The largest absolute Gasteiger partial charge is 0.325 e. The second-order valence-electron chi connectivity index (χ2n) is 7.60. The van der Waals surface area contributed by atoms with Crippen molar-refractivity contribution in [3.05, 3.63) is 101 Å². The normalized spacial score (nSPS) is 17.9. The van der Waals surface area contributed by atoms with Crippen LogP contribution in [0.4, 0.5) is 14.9 Å². The van der Waals surface area contributed by atoms with Gasteiger partial charge in [0, 0.05) is 11.3 Å². The summed E-state index contributed by atoms with van der Waals surface area (Å²) in [6.07, 6.45) is 0.332. The minimum atomic E-state index is -1.22. The third kappa shape index (κ3) is 3.97. The zero-order valence-electron chi connectivity index (χ0n) is 17.5. The van der Waals surface area contributed by atoms with Crippen LogP contribution in [-0.2, 0) is 16.9 Å². The molecule has 0 aliphatic carbocycles. The lowest BCUT2D eigenvalue weighted by Crippen LogP contribution is -2.43. The van der Waals surface area contributed by atoms with Crippen molar-refractivity contribution in [2.24, 2.45) is 0 Å². The fourth-order valence-electron chi connectivity index (χ4n) is 3.81. The minimum Gasteiger partial charge on any atom is -0.322 e. The van der Waals surface area contributed by atoms with Gasteiger partial charge < -0.3 is 10.6 Å². The molecule has 4 rings (SSSR count). The number of benzene rings is 3. The van der Waals surface area contributed by atoms with E-state index in [4.69, 9.17) is 0 Å². The van der Waals surface area contributed by atoms with Crippen LogP contribution in [0.2, 0.25) is 0 Å². The Labute approximate surface area is 185 Å². The number of amides is 4. The van der Waals surface area contributed by atoms with Crippen LogP contribution in [0, 0.1) is 5.82 Å². The maximum atomic E-state index is 13.3. The summed E-state index contributed by atoms with van der Waals surface area (Å²) >= 11 is 0. The molecule has 32 heavy (non-hydrogen) atoms. The number of imide groups is 1. The highest BCUT2D eigenvalue weighted by Gasteiger charge is 2.51. The summed E-state index contributed by atoms with van der Waals surface area (Å²) < 4.78 is 13.3. The molecule has 0 spiro atoms. The van der Waals surface area contributed by atoms with Gasteiger partial charge in [0.2, 0.25) is 0 Å². The number of carbonyl (C=O) groups excluding carboxylic acids is 3. The molecule has 162 valence electrons. The number of urea groups is 1. The second kappa shape index (κ2) is 8.63. The number of halogens is 1. The van der Waals surface area contributed by atoms with Crippen LogP contribution in [-0.4, -0.2) is 22.7 Å². The van der Waals surface area contributed by atoms with Crippen LogP contribution < -0.4 is 10.6 Å². The molecule has 6 nitrogen and oxygen atoms in total. The van der Waals surface area contributed by atoms with E-state index in [9.17, 15) is 18.8 Å². The van der Waals surface area contributed by atoms with Crippen LogP contribution in [0.1, 0.15) is 34.8 Å². The van der Waals surface area contributed by atoms with Crippen molar-refractivity contribution in [3.8, 4) is 0 Å². The van der Waals surface area contributed by atoms with E-state index in [1.807, 2.05) is 18.2 Å². The molecular weight excluding hydrogens is 409 g/mol. The molecule has 1 aliphatic rings. The van der Waals surface area contributed by atoms with E-state index >= 15 is 0 Å². The number of rotatable bonds is 6. The van der Waals surface area contributed by atoms with Gasteiger partial charge in [-0.05, 0) is 53.9 Å². The van der Waals surface area contributed by atoms with Crippen molar-refractivity contribution in [3.63, 3.8) is 0 Å². The van der Waals surface area contributed by atoms with E-state index in [0.29, 0.717) is 28.8 Å². The Morgan fingerprint density at radius 2 is 1.62 bits per heavy atom. The number of nitrogens with zero attached hydrogens (tertiary/aromatic N) is 1. The van der Waals surface area contributed by atoms with Gasteiger partial charge in [0.15, 0.2) is 0 Å². The highest BCUT2D eigenvalue weighted by atomic mass is 19.1. The van der Waals surface area contributed by atoms with Gasteiger partial charge in [-0.1, -0.05) is 49.4 Å². The summed E-state index contributed by atoms with van der Waals surface area (Å²) in [5.74, 6) is -1.05. The maximum absolute atomic E-state index is 13.3. The van der Waals surface area contributed by atoms with Crippen molar-refractivity contribution >= 4 is 23.5 Å². The molecule has 1 fully saturated rings. The van der Waals surface area contributed by atoms with E-state index < -0.39 is 17.4 Å². The Kier molecular flexibility index (Phi) is 5.73. The summed E-state index contributed by atoms with van der Waals surface area (Å²) in [7, 11) is 0. The number of anilines is 1. The van der Waals surface area contributed by atoms with Gasteiger partial charge in [-0.3, -0.25) is 14.5 Å². The van der Waals surface area contributed by atoms with E-state index in [2.05, 4.69) is 10.6 Å². The fourth-order valence-corrected chi connectivity index (χ4v) is 3.81. The molecule has 7 heteroatoms. The molecule has 4 amide bonds. The zero-order chi connectivity index (χ0) is 22.7. The Hall–Kier alpha value is -4.00. The van der Waals surface area contributed by atoms with Gasteiger partial charge in [-0.2, -0.15) is 0 Å². The smallest absolute Gasteiger partial charge is 0.322 e. The Morgan fingerprint density at radius 1 is 0.969 bits per heavy atom. The van der Waals surface area contributed by atoms with Crippen molar-refractivity contribution < 1.29 is 18.8 Å². The van der Waals surface area contributed by atoms with E-state index in [1.165, 1.54) is 24.3 Å². The third-order valence-corrected chi connectivity index (χ3v) is 5.63. The van der Waals surface area contributed by atoms with Gasteiger partial charge in [0.1, 0.15) is 11.4 Å². The number of hydrogen-bond acceptors (Lipinski definition) is 3. The van der Waals surface area contributed by atoms with Crippen LogP contribution in [0.25, 0.3) is 0 Å². The lowest BCUT2D eigenvalue weighted by molar-refractivity contribution is -0.132. The van der Waals surface area contributed by atoms with Gasteiger partial charge in [0.05, 0.1) is 6.54 Å². The Balaban J connectivity index is 1.49. The molecule has 2 N–H and O–H groups in total. The Bertz CT molecular complexity index is 1150. The van der Waals surface area contributed by atoms with Gasteiger partial charge in [-0.25, -0.2) is 9.18 Å². The molecule has 3 aromatic rings. The molecule has 1 aliphatic heterocycles. The highest BCUT2D eigenvalue weighted by Crippen LogP contribution is 2.33. The Morgan fingerprint density at radius 3 is 2.25 bits per heavy atom. The topological polar surface area (TPSA) is 78.5 Å². The van der Waals surface area contributed by atoms with Crippen molar-refractivity contribution in [2.75, 3.05) is 5.32 Å². The lowest BCUT2D eigenvalue weighted by Gasteiger charge is -2.25. The van der Waals surface area contributed by atoms with Crippen molar-refractivity contribution in [1.82, 2.24) is 10.2 Å². The molecule has 3 aromatic carbocycles. The van der Waals surface area contributed by atoms with E-state index in [0.717, 1.165) is 4.90 Å². The number of carbonyl (C=O) groups is 3. The lowest BCUT2D eigenvalue weighted by atomic mass is 9.87. The molecule has 0 saturated carbocycles. The molecular formula is C25H22FN3O3. The first-order valence-electron chi connectivity index (χ1n) is 10.3. The zero-order valence-corrected chi connectivity index (χ0v) is 17.5.